The Labute approximate surface area is 147 Å². The van der Waals surface area contributed by atoms with Crippen molar-refractivity contribution < 1.29 is 9.53 Å². The fourth-order valence-corrected chi connectivity index (χ4v) is 3.01. The van der Waals surface area contributed by atoms with Crippen molar-refractivity contribution in [3.05, 3.63) is 36.2 Å². The predicted molar refractivity (Wildman–Crippen MR) is 95.6 cm³/mol. The Morgan fingerprint density at radius 2 is 2.17 bits per heavy atom. The Morgan fingerprint density at radius 1 is 1.33 bits per heavy atom. The number of nitrogens with zero attached hydrogens (tertiary/aromatic N) is 3. The number of rotatable bonds is 10. The molecule has 7 heteroatoms. The van der Waals surface area contributed by atoms with E-state index in [0.717, 1.165) is 23.7 Å². The third kappa shape index (κ3) is 5.35. The van der Waals surface area contributed by atoms with Crippen LogP contribution in [-0.4, -0.2) is 46.2 Å². The van der Waals surface area contributed by atoms with Crippen LogP contribution in [0, 0.1) is 0 Å². The first-order chi connectivity index (χ1) is 11.8. The molecule has 1 aromatic heterocycles. The lowest BCUT2D eigenvalue weighted by molar-refractivity contribution is -0.118. The number of aromatic nitrogens is 3. The molecule has 0 atom stereocenters. The number of ether oxygens (including phenoxy) is 1. The molecule has 0 saturated heterocycles. The van der Waals surface area contributed by atoms with E-state index in [1.54, 1.807) is 6.33 Å². The van der Waals surface area contributed by atoms with Gasteiger partial charge in [-0.3, -0.25) is 9.36 Å². The van der Waals surface area contributed by atoms with E-state index in [2.05, 4.69) is 28.5 Å². The van der Waals surface area contributed by atoms with Crippen LogP contribution in [0.15, 0.2) is 35.7 Å². The van der Waals surface area contributed by atoms with Crippen LogP contribution in [0.2, 0.25) is 0 Å². The van der Waals surface area contributed by atoms with E-state index in [9.17, 15) is 4.79 Å². The molecule has 0 saturated carbocycles. The number of hydrogen-bond donors (Lipinski definition) is 1. The minimum atomic E-state index is -0.00479. The fourth-order valence-electron chi connectivity index (χ4n) is 2.26. The van der Waals surface area contributed by atoms with Crippen LogP contribution < -0.4 is 5.32 Å². The highest BCUT2D eigenvalue weighted by atomic mass is 32.2. The molecule has 24 heavy (non-hydrogen) atoms. The number of hydrogen-bond acceptors (Lipinski definition) is 5. The van der Waals surface area contributed by atoms with Gasteiger partial charge in [-0.25, -0.2) is 0 Å². The van der Waals surface area contributed by atoms with Gasteiger partial charge < -0.3 is 10.1 Å². The molecule has 0 radical (unpaired) electrons. The van der Waals surface area contributed by atoms with E-state index in [4.69, 9.17) is 4.74 Å². The van der Waals surface area contributed by atoms with Crippen molar-refractivity contribution in [2.24, 2.45) is 0 Å². The number of amides is 1. The fraction of sp³-hybridized carbons (Fsp3) is 0.471. The lowest BCUT2D eigenvalue weighted by Gasteiger charge is -2.10. The van der Waals surface area contributed by atoms with Crippen molar-refractivity contribution >= 4 is 17.7 Å². The predicted octanol–water partition coefficient (Wildman–Crippen LogP) is 2.46. The number of benzene rings is 1. The standard InChI is InChI=1S/C17H24N4O2S/c1-3-14-8-5-6-9-15(14)21-13-19-20-17(21)24-12-16(22)18-10-7-11-23-4-2/h5-6,8-9,13H,3-4,7,10-12H2,1-2H3,(H,18,22). The second-order valence-corrected chi connectivity index (χ2v) is 6.10. The van der Waals surface area contributed by atoms with Crippen molar-refractivity contribution in [3.63, 3.8) is 0 Å². The van der Waals surface area contributed by atoms with Gasteiger partial charge in [0.15, 0.2) is 5.16 Å². The van der Waals surface area contributed by atoms with Crippen molar-refractivity contribution in [2.45, 2.75) is 31.8 Å². The van der Waals surface area contributed by atoms with Gasteiger partial charge in [-0.1, -0.05) is 36.9 Å². The van der Waals surface area contributed by atoms with Crippen LogP contribution >= 0.6 is 11.8 Å². The summed E-state index contributed by atoms with van der Waals surface area (Å²) >= 11 is 1.39. The number of para-hydroxylation sites is 1. The summed E-state index contributed by atoms with van der Waals surface area (Å²) in [4.78, 5) is 11.9. The number of aryl methyl sites for hydroxylation is 1. The quantitative estimate of drug-likeness (QED) is 0.528. The highest BCUT2D eigenvalue weighted by Crippen LogP contribution is 2.22. The maximum atomic E-state index is 11.9. The van der Waals surface area contributed by atoms with Gasteiger partial charge in [-0.05, 0) is 31.4 Å². The van der Waals surface area contributed by atoms with E-state index in [1.165, 1.54) is 17.3 Å². The van der Waals surface area contributed by atoms with Gasteiger partial charge in [0.05, 0.1) is 11.4 Å². The molecule has 130 valence electrons. The van der Waals surface area contributed by atoms with E-state index in [1.807, 2.05) is 29.7 Å². The minimum absolute atomic E-state index is 0.00479. The summed E-state index contributed by atoms with van der Waals surface area (Å²) in [5, 5.41) is 11.7. The van der Waals surface area contributed by atoms with Crippen molar-refractivity contribution in [3.8, 4) is 5.69 Å². The lowest BCUT2D eigenvalue weighted by Crippen LogP contribution is -2.27. The molecule has 0 aliphatic carbocycles. The smallest absolute Gasteiger partial charge is 0.230 e. The van der Waals surface area contributed by atoms with Gasteiger partial charge in [0.25, 0.3) is 0 Å². The average molecular weight is 348 g/mol. The maximum absolute atomic E-state index is 11.9. The number of carbonyl (C=O) groups is 1. The normalized spacial score (nSPS) is 10.8. The summed E-state index contributed by atoms with van der Waals surface area (Å²) in [5.74, 6) is 0.316. The third-order valence-corrected chi connectivity index (χ3v) is 4.42. The summed E-state index contributed by atoms with van der Waals surface area (Å²) in [7, 11) is 0. The van der Waals surface area contributed by atoms with E-state index in [0.29, 0.717) is 25.5 Å². The largest absolute Gasteiger partial charge is 0.382 e. The summed E-state index contributed by atoms with van der Waals surface area (Å²) < 4.78 is 7.18. The second-order valence-electron chi connectivity index (χ2n) is 5.15. The Morgan fingerprint density at radius 3 is 2.96 bits per heavy atom. The Kier molecular flexibility index (Phi) is 7.77. The first kappa shape index (κ1) is 18.5. The molecule has 2 aromatic rings. The maximum Gasteiger partial charge on any atom is 0.230 e. The molecule has 1 aromatic carbocycles. The molecule has 2 rings (SSSR count). The summed E-state index contributed by atoms with van der Waals surface area (Å²) in [6.45, 7) is 6.09. The number of carbonyl (C=O) groups excluding carboxylic acids is 1. The Balaban J connectivity index is 1.88. The average Bonchev–Trinajstić information content (AvgIpc) is 3.08. The summed E-state index contributed by atoms with van der Waals surface area (Å²) in [5.41, 5.74) is 2.28. The topological polar surface area (TPSA) is 69.0 Å². The van der Waals surface area contributed by atoms with Gasteiger partial charge >= 0.3 is 0 Å². The lowest BCUT2D eigenvalue weighted by atomic mass is 10.1. The van der Waals surface area contributed by atoms with Gasteiger partial charge in [0.2, 0.25) is 5.91 Å². The van der Waals surface area contributed by atoms with E-state index >= 15 is 0 Å². The molecule has 0 spiro atoms. The van der Waals surface area contributed by atoms with Crippen molar-refractivity contribution in [2.75, 3.05) is 25.5 Å². The monoisotopic (exact) mass is 348 g/mol. The van der Waals surface area contributed by atoms with Crippen LogP contribution in [0.4, 0.5) is 0 Å². The number of thioether (sulfide) groups is 1. The molecule has 0 fully saturated rings. The molecule has 1 amide bonds. The molecule has 1 heterocycles. The van der Waals surface area contributed by atoms with Crippen LogP contribution in [0.3, 0.4) is 0 Å². The Bertz CT molecular complexity index is 645. The van der Waals surface area contributed by atoms with Crippen molar-refractivity contribution in [1.82, 2.24) is 20.1 Å². The molecule has 0 aliphatic heterocycles. The highest BCUT2D eigenvalue weighted by Gasteiger charge is 2.11. The zero-order valence-electron chi connectivity index (χ0n) is 14.2. The molecule has 6 nitrogen and oxygen atoms in total. The van der Waals surface area contributed by atoms with Crippen LogP contribution in [0.5, 0.6) is 0 Å². The molecular formula is C17H24N4O2S. The molecule has 0 unspecified atom stereocenters. The first-order valence-electron chi connectivity index (χ1n) is 8.21. The SMILES string of the molecule is CCOCCCNC(=O)CSc1nncn1-c1ccccc1CC. The minimum Gasteiger partial charge on any atom is -0.382 e. The summed E-state index contributed by atoms with van der Waals surface area (Å²) in [6, 6.07) is 8.15. The van der Waals surface area contributed by atoms with Gasteiger partial charge in [0, 0.05) is 19.8 Å². The number of nitrogens with one attached hydrogen (secondary N) is 1. The molecule has 0 aliphatic rings. The summed E-state index contributed by atoms with van der Waals surface area (Å²) in [6.07, 6.45) is 3.44. The molecule has 1 N–H and O–H groups in total. The van der Waals surface area contributed by atoms with E-state index in [-0.39, 0.29) is 5.91 Å². The van der Waals surface area contributed by atoms with Crippen LogP contribution in [0.25, 0.3) is 5.69 Å². The highest BCUT2D eigenvalue weighted by molar-refractivity contribution is 7.99. The second kappa shape index (κ2) is 10.1. The zero-order chi connectivity index (χ0) is 17.2. The van der Waals surface area contributed by atoms with E-state index < -0.39 is 0 Å². The molecule has 0 bridgehead atoms. The first-order valence-corrected chi connectivity index (χ1v) is 9.20. The van der Waals surface area contributed by atoms with Crippen molar-refractivity contribution in [1.29, 1.82) is 0 Å². The van der Waals surface area contributed by atoms with Gasteiger partial charge in [-0.2, -0.15) is 0 Å². The van der Waals surface area contributed by atoms with Gasteiger partial charge in [0.1, 0.15) is 6.33 Å². The van der Waals surface area contributed by atoms with Crippen LogP contribution in [-0.2, 0) is 16.0 Å². The molecular weight excluding hydrogens is 324 g/mol. The zero-order valence-corrected chi connectivity index (χ0v) is 15.0. The van der Waals surface area contributed by atoms with Crippen LogP contribution in [0.1, 0.15) is 25.8 Å². The Hall–Kier alpha value is -1.86. The van der Waals surface area contributed by atoms with Gasteiger partial charge in [-0.15, -0.1) is 10.2 Å². The third-order valence-electron chi connectivity index (χ3n) is 3.47.